The number of nitrogen functional groups attached to an aromatic ring is 1. The lowest BCUT2D eigenvalue weighted by Crippen LogP contribution is -1.91. The Bertz CT molecular complexity index is 668. The molecule has 0 radical (unpaired) electrons. The van der Waals surface area contributed by atoms with E-state index in [4.69, 9.17) is 10.5 Å². The molecule has 0 saturated heterocycles. The molecule has 0 unspecified atom stereocenters. The molecule has 2 aromatic carbocycles. The molecule has 0 bridgehead atoms. The van der Waals surface area contributed by atoms with Crippen LogP contribution < -0.4 is 5.73 Å². The van der Waals surface area contributed by atoms with Gasteiger partial charge in [-0.05, 0) is 30.3 Å². The average Bonchev–Trinajstić information content (AvgIpc) is 2.47. The van der Waals surface area contributed by atoms with Gasteiger partial charge in [0.1, 0.15) is 0 Å². The summed E-state index contributed by atoms with van der Waals surface area (Å²) in [5.74, 6) is 0. The number of nitro groups is 1. The first-order valence-electron chi connectivity index (χ1n) is 6.13. The molecule has 7 nitrogen and oxygen atoms in total. The van der Waals surface area contributed by atoms with Gasteiger partial charge in [-0.15, -0.1) is 0 Å². The summed E-state index contributed by atoms with van der Waals surface area (Å²) in [6, 6.07) is 11.1. The fraction of sp³-hybridized carbons (Fsp3) is 0.143. The SMILES string of the molecule is COCc1cc(N)ccc1N=Nc1ccc([N+](=O)[O-])cc1. The second-order valence-electron chi connectivity index (χ2n) is 4.29. The van der Waals surface area contributed by atoms with Gasteiger partial charge in [0.2, 0.25) is 0 Å². The summed E-state index contributed by atoms with van der Waals surface area (Å²) in [5, 5.41) is 18.8. The Morgan fingerprint density at radius 1 is 1.19 bits per heavy atom. The van der Waals surface area contributed by atoms with E-state index in [9.17, 15) is 10.1 Å². The van der Waals surface area contributed by atoms with Crippen LogP contribution in [0.3, 0.4) is 0 Å². The lowest BCUT2D eigenvalue weighted by Gasteiger charge is -2.04. The molecule has 0 heterocycles. The fourth-order valence-corrected chi connectivity index (χ4v) is 1.73. The smallest absolute Gasteiger partial charge is 0.269 e. The number of hydrogen-bond donors (Lipinski definition) is 1. The number of non-ortho nitro benzene ring substituents is 1. The first kappa shape index (κ1) is 14.6. The van der Waals surface area contributed by atoms with Gasteiger partial charge in [0.25, 0.3) is 5.69 Å². The van der Waals surface area contributed by atoms with Crippen LogP contribution in [0.15, 0.2) is 52.7 Å². The highest BCUT2D eigenvalue weighted by Gasteiger charge is 2.04. The predicted molar refractivity (Wildman–Crippen MR) is 78.8 cm³/mol. The van der Waals surface area contributed by atoms with Gasteiger partial charge in [0, 0.05) is 30.5 Å². The molecule has 0 spiro atoms. The van der Waals surface area contributed by atoms with Gasteiger partial charge in [-0.3, -0.25) is 10.1 Å². The third-order valence-electron chi connectivity index (χ3n) is 2.74. The fourth-order valence-electron chi connectivity index (χ4n) is 1.73. The molecule has 0 amide bonds. The zero-order valence-corrected chi connectivity index (χ0v) is 11.4. The first-order chi connectivity index (χ1) is 10.1. The van der Waals surface area contributed by atoms with Crippen molar-refractivity contribution >= 4 is 22.7 Å². The molecule has 0 saturated carbocycles. The molecule has 0 aliphatic carbocycles. The Labute approximate surface area is 121 Å². The summed E-state index contributed by atoms with van der Waals surface area (Å²) in [7, 11) is 1.58. The Hall–Kier alpha value is -2.80. The number of azo groups is 1. The largest absolute Gasteiger partial charge is 0.399 e. The van der Waals surface area contributed by atoms with Crippen LogP contribution in [0.4, 0.5) is 22.7 Å². The number of ether oxygens (including phenoxy) is 1. The van der Waals surface area contributed by atoms with E-state index in [1.807, 2.05) is 0 Å². The van der Waals surface area contributed by atoms with Gasteiger partial charge in [0.05, 0.1) is 22.9 Å². The van der Waals surface area contributed by atoms with Crippen LogP contribution in [0.5, 0.6) is 0 Å². The van der Waals surface area contributed by atoms with Crippen molar-refractivity contribution in [1.82, 2.24) is 0 Å². The van der Waals surface area contributed by atoms with Crippen LogP contribution in [0.1, 0.15) is 5.56 Å². The van der Waals surface area contributed by atoms with Gasteiger partial charge in [0.15, 0.2) is 0 Å². The number of rotatable bonds is 5. The van der Waals surface area contributed by atoms with E-state index in [1.165, 1.54) is 24.3 Å². The highest BCUT2D eigenvalue weighted by molar-refractivity contribution is 5.54. The van der Waals surface area contributed by atoms with Crippen molar-refractivity contribution < 1.29 is 9.66 Å². The molecule has 0 aliphatic rings. The lowest BCUT2D eigenvalue weighted by atomic mass is 10.2. The first-order valence-corrected chi connectivity index (χ1v) is 6.13. The molecule has 2 N–H and O–H groups in total. The Balaban J connectivity index is 2.22. The molecule has 21 heavy (non-hydrogen) atoms. The number of nitro benzene ring substituents is 1. The van der Waals surface area contributed by atoms with Crippen molar-refractivity contribution in [2.45, 2.75) is 6.61 Å². The van der Waals surface area contributed by atoms with E-state index in [0.29, 0.717) is 23.7 Å². The third kappa shape index (κ3) is 3.83. The summed E-state index contributed by atoms with van der Waals surface area (Å²) in [6.07, 6.45) is 0. The Morgan fingerprint density at radius 2 is 1.90 bits per heavy atom. The minimum atomic E-state index is -0.461. The minimum absolute atomic E-state index is 0.0153. The molecular formula is C14H14N4O3. The predicted octanol–water partition coefficient (Wildman–Crippen LogP) is 3.74. The number of methoxy groups -OCH3 is 1. The maximum absolute atomic E-state index is 10.6. The normalized spacial score (nSPS) is 10.9. The molecule has 7 heteroatoms. The van der Waals surface area contributed by atoms with Gasteiger partial charge >= 0.3 is 0 Å². The molecule has 108 valence electrons. The van der Waals surface area contributed by atoms with Gasteiger partial charge in [-0.2, -0.15) is 10.2 Å². The van der Waals surface area contributed by atoms with Crippen LogP contribution in [0, 0.1) is 10.1 Å². The topological polar surface area (TPSA) is 103 Å². The van der Waals surface area contributed by atoms with E-state index >= 15 is 0 Å². The molecule has 0 atom stereocenters. The maximum Gasteiger partial charge on any atom is 0.269 e. The number of nitrogens with zero attached hydrogens (tertiary/aromatic N) is 3. The van der Waals surface area contributed by atoms with Crippen LogP contribution in [0.2, 0.25) is 0 Å². The van der Waals surface area contributed by atoms with Crippen molar-refractivity contribution in [3.63, 3.8) is 0 Å². The van der Waals surface area contributed by atoms with Crippen molar-refractivity contribution in [2.24, 2.45) is 10.2 Å². The highest BCUT2D eigenvalue weighted by atomic mass is 16.6. The van der Waals surface area contributed by atoms with Crippen molar-refractivity contribution in [2.75, 3.05) is 12.8 Å². The number of hydrogen-bond acceptors (Lipinski definition) is 6. The Morgan fingerprint density at radius 3 is 2.52 bits per heavy atom. The van der Waals surface area contributed by atoms with E-state index in [0.717, 1.165) is 5.56 Å². The highest BCUT2D eigenvalue weighted by Crippen LogP contribution is 2.26. The molecule has 0 aromatic heterocycles. The molecule has 2 aromatic rings. The zero-order chi connectivity index (χ0) is 15.2. The quantitative estimate of drug-likeness (QED) is 0.391. The van der Waals surface area contributed by atoms with E-state index < -0.39 is 4.92 Å². The Kier molecular flexibility index (Phi) is 4.57. The minimum Gasteiger partial charge on any atom is -0.399 e. The van der Waals surface area contributed by atoms with Gasteiger partial charge in [-0.25, -0.2) is 0 Å². The van der Waals surface area contributed by atoms with Crippen LogP contribution in [-0.4, -0.2) is 12.0 Å². The van der Waals surface area contributed by atoms with Gasteiger partial charge in [-0.1, -0.05) is 0 Å². The third-order valence-corrected chi connectivity index (χ3v) is 2.74. The maximum atomic E-state index is 10.6. The number of benzene rings is 2. The van der Waals surface area contributed by atoms with Crippen LogP contribution in [0.25, 0.3) is 0 Å². The standard InChI is InChI=1S/C14H14N4O3/c1-21-9-10-8-11(15)2-7-14(10)17-16-12-3-5-13(6-4-12)18(19)20/h2-8H,9,15H2,1H3. The lowest BCUT2D eigenvalue weighted by molar-refractivity contribution is -0.384. The molecule has 2 rings (SSSR count). The van der Waals surface area contributed by atoms with E-state index in [1.54, 1.807) is 25.3 Å². The number of nitrogens with two attached hydrogens (primary N) is 1. The molecule has 0 aliphatic heterocycles. The number of anilines is 1. The summed E-state index contributed by atoms with van der Waals surface area (Å²) in [6.45, 7) is 0.375. The average molecular weight is 286 g/mol. The summed E-state index contributed by atoms with van der Waals surface area (Å²) in [4.78, 5) is 10.1. The second-order valence-corrected chi connectivity index (χ2v) is 4.29. The van der Waals surface area contributed by atoms with Crippen LogP contribution in [-0.2, 0) is 11.3 Å². The van der Waals surface area contributed by atoms with Crippen molar-refractivity contribution in [3.05, 3.63) is 58.1 Å². The summed E-state index contributed by atoms with van der Waals surface area (Å²) in [5.41, 5.74) is 8.35. The van der Waals surface area contributed by atoms with E-state index in [-0.39, 0.29) is 5.69 Å². The zero-order valence-electron chi connectivity index (χ0n) is 11.4. The second kappa shape index (κ2) is 6.58. The van der Waals surface area contributed by atoms with E-state index in [2.05, 4.69) is 10.2 Å². The molecule has 0 fully saturated rings. The monoisotopic (exact) mass is 286 g/mol. The summed E-state index contributed by atoms with van der Waals surface area (Å²) < 4.78 is 5.09. The molecular weight excluding hydrogens is 272 g/mol. The van der Waals surface area contributed by atoms with Gasteiger partial charge < -0.3 is 10.5 Å². The summed E-state index contributed by atoms with van der Waals surface area (Å²) >= 11 is 0. The van der Waals surface area contributed by atoms with Crippen LogP contribution >= 0.6 is 0 Å². The van der Waals surface area contributed by atoms with Crippen molar-refractivity contribution in [1.29, 1.82) is 0 Å². The van der Waals surface area contributed by atoms with Crippen molar-refractivity contribution in [3.8, 4) is 0 Å².